The van der Waals surface area contributed by atoms with Gasteiger partial charge in [0.25, 0.3) is 5.91 Å². The summed E-state index contributed by atoms with van der Waals surface area (Å²) in [5, 5.41) is 0. The van der Waals surface area contributed by atoms with Gasteiger partial charge in [-0.1, -0.05) is 42.5 Å². The maximum atomic E-state index is 12.8. The molecule has 0 aliphatic heterocycles. The number of benzene rings is 1. The van der Waals surface area contributed by atoms with Crippen molar-refractivity contribution < 1.29 is 9.53 Å². The van der Waals surface area contributed by atoms with Gasteiger partial charge in [0.15, 0.2) is 0 Å². The molecule has 1 aromatic heterocycles. The molecule has 4 heteroatoms. The first-order valence-electron chi connectivity index (χ1n) is 8.10. The number of ether oxygens (including phenoxy) is 1. The van der Waals surface area contributed by atoms with Crippen molar-refractivity contribution in [2.45, 2.75) is 25.5 Å². The van der Waals surface area contributed by atoms with Gasteiger partial charge in [0.1, 0.15) is 6.10 Å². The van der Waals surface area contributed by atoms with Gasteiger partial charge in [0.2, 0.25) is 0 Å². The van der Waals surface area contributed by atoms with Crippen molar-refractivity contribution in [3.63, 3.8) is 0 Å². The highest BCUT2D eigenvalue weighted by Crippen LogP contribution is 2.26. The first-order chi connectivity index (χ1) is 11.6. The minimum Gasteiger partial charge on any atom is -0.368 e. The van der Waals surface area contributed by atoms with E-state index in [1.807, 2.05) is 48.5 Å². The molecule has 126 valence electrons. The van der Waals surface area contributed by atoms with Gasteiger partial charge in [-0.15, -0.1) is 6.58 Å². The summed E-state index contributed by atoms with van der Waals surface area (Å²) >= 11 is 0. The summed E-state index contributed by atoms with van der Waals surface area (Å²) in [7, 11) is 1.79. The Kier molecular flexibility index (Phi) is 6.70. The summed E-state index contributed by atoms with van der Waals surface area (Å²) in [5.41, 5.74) is 1.85. The van der Waals surface area contributed by atoms with E-state index in [9.17, 15) is 4.79 Å². The number of rotatable bonds is 8. The van der Waals surface area contributed by atoms with Gasteiger partial charge in [-0.2, -0.15) is 0 Å². The summed E-state index contributed by atoms with van der Waals surface area (Å²) in [4.78, 5) is 18.9. The second kappa shape index (κ2) is 8.99. The van der Waals surface area contributed by atoms with E-state index in [0.717, 1.165) is 17.7 Å². The molecule has 0 bridgehead atoms. The van der Waals surface area contributed by atoms with E-state index in [-0.39, 0.29) is 11.9 Å². The predicted octanol–water partition coefficient (Wildman–Crippen LogP) is 3.61. The number of carbonyl (C=O) groups is 1. The summed E-state index contributed by atoms with van der Waals surface area (Å²) in [6, 6.07) is 15.4. The molecular formula is C20H24N2O2. The van der Waals surface area contributed by atoms with Gasteiger partial charge < -0.3 is 9.64 Å². The van der Waals surface area contributed by atoms with Crippen LogP contribution in [0.25, 0.3) is 0 Å². The molecule has 1 amide bonds. The molecule has 2 rings (SSSR count). The lowest BCUT2D eigenvalue weighted by Gasteiger charge is -2.30. The first-order valence-corrected chi connectivity index (χ1v) is 8.10. The van der Waals surface area contributed by atoms with Gasteiger partial charge in [-0.3, -0.25) is 9.78 Å². The van der Waals surface area contributed by atoms with Crippen molar-refractivity contribution >= 4 is 5.91 Å². The van der Waals surface area contributed by atoms with Crippen LogP contribution in [-0.4, -0.2) is 35.5 Å². The minimum atomic E-state index is -0.509. The van der Waals surface area contributed by atoms with Crippen LogP contribution in [0.3, 0.4) is 0 Å². The van der Waals surface area contributed by atoms with Crippen LogP contribution in [0.4, 0.5) is 0 Å². The van der Waals surface area contributed by atoms with Gasteiger partial charge in [0.05, 0.1) is 18.3 Å². The van der Waals surface area contributed by atoms with Crippen molar-refractivity contribution in [3.05, 3.63) is 78.6 Å². The summed E-state index contributed by atoms with van der Waals surface area (Å²) in [5.74, 6) is -0.0708. The molecule has 2 unspecified atom stereocenters. The molecule has 0 aliphatic rings. The largest absolute Gasteiger partial charge is 0.368 e. The Morgan fingerprint density at radius 1 is 1.25 bits per heavy atom. The first kappa shape index (κ1) is 17.9. The van der Waals surface area contributed by atoms with Crippen molar-refractivity contribution in [2.24, 2.45) is 0 Å². The van der Waals surface area contributed by atoms with Crippen LogP contribution >= 0.6 is 0 Å². The zero-order valence-corrected chi connectivity index (χ0v) is 14.3. The van der Waals surface area contributed by atoms with E-state index in [2.05, 4.69) is 11.6 Å². The summed E-state index contributed by atoms with van der Waals surface area (Å²) in [6.07, 6.45) is 3.74. The molecule has 0 saturated carbocycles. The zero-order valence-electron chi connectivity index (χ0n) is 14.3. The maximum absolute atomic E-state index is 12.8. The highest BCUT2D eigenvalue weighted by Gasteiger charge is 2.27. The number of pyridine rings is 1. The molecule has 0 N–H and O–H groups in total. The number of nitrogens with zero attached hydrogens (tertiary/aromatic N) is 2. The van der Waals surface area contributed by atoms with E-state index < -0.39 is 6.10 Å². The summed E-state index contributed by atoms with van der Waals surface area (Å²) < 4.78 is 5.60. The molecule has 4 nitrogen and oxygen atoms in total. The van der Waals surface area contributed by atoms with Crippen LogP contribution < -0.4 is 0 Å². The molecule has 0 saturated heterocycles. The average molecular weight is 324 g/mol. The van der Waals surface area contributed by atoms with Gasteiger partial charge in [0, 0.05) is 13.2 Å². The smallest absolute Gasteiger partial charge is 0.251 e. The molecule has 1 aromatic carbocycles. The van der Waals surface area contributed by atoms with E-state index in [1.165, 1.54) is 0 Å². The fourth-order valence-corrected chi connectivity index (χ4v) is 2.58. The van der Waals surface area contributed by atoms with E-state index in [0.29, 0.717) is 6.61 Å². The van der Waals surface area contributed by atoms with Gasteiger partial charge >= 0.3 is 0 Å². The van der Waals surface area contributed by atoms with Crippen molar-refractivity contribution in [3.8, 4) is 0 Å². The monoisotopic (exact) mass is 324 g/mol. The van der Waals surface area contributed by atoms with Crippen LogP contribution in [0, 0.1) is 0 Å². The van der Waals surface area contributed by atoms with Crippen LogP contribution in [-0.2, 0) is 9.53 Å². The fourth-order valence-electron chi connectivity index (χ4n) is 2.58. The molecule has 0 spiro atoms. The molecular weight excluding hydrogens is 300 g/mol. The Labute approximate surface area is 143 Å². The van der Waals surface area contributed by atoms with Gasteiger partial charge in [-0.25, -0.2) is 0 Å². The Morgan fingerprint density at radius 3 is 2.58 bits per heavy atom. The lowest BCUT2D eigenvalue weighted by molar-refractivity contribution is -0.142. The lowest BCUT2D eigenvalue weighted by Crippen LogP contribution is -2.39. The lowest BCUT2D eigenvalue weighted by atomic mass is 10.0. The Morgan fingerprint density at radius 2 is 1.96 bits per heavy atom. The number of aromatic nitrogens is 1. The highest BCUT2D eigenvalue weighted by atomic mass is 16.5. The number of amides is 1. The predicted molar refractivity (Wildman–Crippen MR) is 95.5 cm³/mol. The molecule has 0 aliphatic carbocycles. The number of likely N-dealkylation sites (N-methyl/N-ethyl adjacent to an activating group) is 1. The SMILES string of the molecule is C=CCCOC(C)C(=O)N(C)C(c1ccccc1)c1ccccn1. The Hall–Kier alpha value is -2.46. The van der Waals surface area contributed by atoms with Crippen LogP contribution in [0.2, 0.25) is 0 Å². The second-order valence-electron chi connectivity index (χ2n) is 5.61. The van der Waals surface area contributed by atoms with Crippen molar-refractivity contribution in [1.82, 2.24) is 9.88 Å². The number of hydrogen-bond donors (Lipinski definition) is 0. The normalized spacial score (nSPS) is 13.1. The second-order valence-corrected chi connectivity index (χ2v) is 5.61. The van der Waals surface area contributed by atoms with Crippen molar-refractivity contribution in [1.29, 1.82) is 0 Å². The van der Waals surface area contributed by atoms with Crippen LogP contribution in [0.15, 0.2) is 67.4 Å². The Bertz CT molecular complexity index is 604. The average Bonchev–Trinajstić information content (AvgIpc) is 2.63. The van der Waals surface area contributed by atoms with Crippen molar-refractivity contribution in [2.75, 3.05) is 13.7 Å². The molecule has 0 fully saturated rings. The fraction of sp³-hybridized carbons (Fsp3) is 0.300. The third kappa shape index (κ3) is 4.52. The van der Waals surface area contributed by atoms with E-state index in [1.54, 1.807) is 31.1 Å². The minimum absolute atomic E-state index is 0.0708. The quantitative estimate of drug-likeness (QED) is 0.550. The highest BCUT2D eigenvalue weighted by molar-refractivity contribution is 5.81. The zero-order chi connectivity index (χ0) is 17.4. The van der Waals surface area contributed by atoms with Crippen LogP contribution in [0.5, 0.6) is 0 Å². The molecule has 2 aromatic rings. The van der Waals surface area contributed by atoms with E-state index in [4.69, 9.17) is 4.74 Å². The number of carbonyl (C=O) groups excluding carboxylic acids is 1. The molecule has 24 heavy (non-hydrogen) atoms. The molecule has 2 atom stereocenters. The Balaban J connectivity index is 2.23. The van der Waals surface area contributed by atoms with Gasteiger partial charge in [-0.05, 0) is 31.0 Å². The molecule has 0 radical (unpaired) electrons. The standard InChI is InChI=1S/C20H24N2O2/c1-4-5-15-24-16(2)20(23)22(3)19(17-11-7-6-8-12-17)18-13-9-10-14-21-18/h4,6-14,16,19H,1,5,15H2,2-3H3. The van der Waals surface area contributed by atoms with Crippen LogP contribution in [0.1, 0.15) is 30.6 Å². The van der Waals surface area contributed by atoms with E-state index >= 15 is 0 Å². The summed E-state index contributed by atoms with van der Waals surface area (Å²) in [6.45, 7) is 5.93. The third-order valence-corrected chi connectivity index (χ3v) is 3.86. The number of hydrogen-bond acceptors (Lipinski definition) is 3. The third-order valence-electron chi connectivity index (χ3n) is 3.86. The topological polar surface area (TPSA) is 42.4 Å². The maximum Gasteiger partial charge on any atom is 0.251 e. The molecule has 1 heterocycles.